The van der Waals surface area contributed by atoms with Crippen LogP contribution in [-0.4, -0.2) is 43.2 Å². The van der Waals surface area contributed by atoms with Crippen LogP contribution in [0.25, 0.3) is 0 Å². The topological polar surface area (TPSA) is 66.3 Å². The normalized spacial score (nSPS) is 18.4. The monoisotopic (exact) mass is 338 g/mol. The number of nitrogens with zero attached hydrogens (tertiary/aromatic N) is 3. The predicted octanol–water partition coefficient (Wildman–Crippen LogP) is 3.76. The maximum Gasteiger partial charge on any atom is 0.238 e. The van der Waals surface area contributed by atoms with Gasteiger partial charge in [0.1, 0.15) is 0 Å². The van der Waals surface area contributed by atoms with Gasteiger partial charge in [0.2, 0.25) is 5.91 Å². The van der Waals surface area contributed by atoms with E-state index in [1.807, 2.05) is 61.5 Å². The Kier molecular flexibility index (Phi) is 5.87. The summed E-state index contributed by atoms with van der Waals surface area (Å²) in [5.74, 6) is -0.0206. The molecule has 3 rings (SSSR count). The van der Waals surface area contributed by atoms with E-state index in [0.717, 1.165) is 30.2 Å². The minimum Gasteiger partial charge on any atom is -0.376 e. The van der Waals surface area contributed by atoms with Crippen LogP contribution in [0.1, 0.15) is 6.92 Å². The van der Waals surface area contributed by atoms with Crippen LogP contribution in [0.2, 0.25) is 0 Å². The molecule has 0 aliphatic carbocycles. The van der Waals surface area contributed by atoms with Crippen molar-refractivity contribution in [2.24, 2.45) is 10.2 Å². The largest absolute Gasteiger partial charge is 0.376 e. The minimum absolute atomic E-state index is 0.0206. The van der Waals surface area contributed by atoms with Crippen molar-refractivity contribution >= 4 is 23.0 Å². The zero-order valence-corrected chi connectivity index (χ0v) is 14.3. The van der Waals surface area contributed by atoms with Crippen LogP contribution in [0.3, 0.4) is 0 Å². The molecule has 0 spiro atoms. The summed E-state index contributed by atoms with van der Waals surface area (Å²) in [5, 5.41) is 11.3. The van der Waals surface area contributed by atoms with Gasteiger partial charge in [0.15, 0.2) is 0 Å². The number of carbonyl (C=O) groups excluding carboxylic acids is 1. The third-order valence-corrected chi connectivity index (χ3v) is 3.88. The number of ether oxygens (including phenoxy) is 1. The van der Waals surface area contributed by atoms with Crippen LogP contribution in [0.15, 0.2) is 64.8 Å². The Morgan fingerprint density at radius 2 is 1.80 bits per heavy atom. The lowest BCUT2D eigenvalue weighted by molar-refractivity contribution is -0.119. The van der Waals surface area contributed by atoms with E-state index in [2.05, 4.69) is 20.4 Å². The molecule has 2 aromatic carbocycles. The summed E-state index contributed by atoms with van der Waals surface area (Å²) in [5.41, 5.74) is 2.30. The van der Waals surface area contributed by atoms with Gasteiger partial charge in [0, 0.05) is 18.8 Å². The third kappa shape index (κ3) is 5.48. The van der Waals surface area contributed by atoms with Gasteiger partial charge >= 0.3 is 0 Å². The first-order valence-corrected chi connectivity index (χ1v) is 8.40. The molecule has 130 valence electrons. The molecule has 1 atom stereocenters. The second-order valence-electron chi connectivity index (χ2n) is 6.05. The number of hydrogen-bond acceptors (Lipinski definition) is 5. The zero-order valence-electron chi connectivity index (χ0n) is 14.3. The average Bonchev–Trinajstić information content (AvgIpc) is 2.62. The molecule has 0 aromatic heterocycles. The molecule has 1 amide bonds. The van der Waals surface area contributed by atoms with Gasteiger partial charge in [-0.2, -0.15) is 10.2 Å². The van der Waals surface area contributed by atoms with Crippen LogP contribution in [0.4, 0.5) is 17.1 Å². The summed E-state index contributed by atoms with van der Waals surface area (Å²) in [7, 11) is 0. The molecule has 1 N–H and O–H groups in total. The highest BCUT2D eigenvalue weighted by Gasteiger charge is 2.18. The Morgan fingerprint density at radius 3 is 2.48 bits per heavy atom. The first-order valence-electron chi connectivity index (χ1n) is 8.40. The molecule has 1 saturated heterocycles. The molecule has 1 heterocycles. The fourth-order valence-electron chi connectivity index (χ4n) is 2.66. The number of morpholine rings is 1. The summed E-state index contributed by atoms with van der Waals surface area (Å²) in [4.78, 5) is 14.3. The molecular weight excluding hydrogens is 316 g/mol. The van der Waals surface area contributed by atoms with Crippen LogP contribution >= 0.6 is 0 Å². The van der Waals surface area contributed by atoms with Crippen LogP contribution < -0.4 is 5.32 Å². The van der Waals surface area contributed by atoms with Crippen molar-refractivity contribution in [3.63, 3.8) is 0 Å². The summed E-state index contributed by atoms with van der Waals surface area (Å²) in [6.45, 7) is 4.65. The number of rotatable bonds is 5. The van der Waals surface area contributed by atoms with E-state index in [-0.39, 0.29) is 12.0 Å². The van der Waals surface area contributed by atoms with Crippen LogP contribution in [-0.2, 0) is 9.53 Å². The van der Waals surface area contributed by atoms with Crippen molar-refractivity contribution in [3.8, 4) is 0 Å². The smallest absolute Gasteiger partial charge is 0.238 e. The van der Waals surface area contributed by atoms with Gasteiger partial charge in [0.25, 0.3) is 0 Å². The first-order chi connectivity index (χ1) is 12.2. The van der Waals surface area contributed by atoms with E-state index in [9.17, 15) is 4.79 Å². The van der Waals surface area contributed by atoms with Gasteiger partial charge in [-0.1, -0.05) is 18.2 Å². The maximum absolute atomic E-state index is 12.1. The molecule has 1 fully saturated rings. The standard InChI is InChI=1S/C19H22N4O2/c1-15-13-23(11-12-25-15)14-19(24)20-16-7-9-18(10-8-16)22-21-17-5-3-2-4-6-17/h2-10,15H,11-14H2,1H3,(H,20,24)/t15-/m1/s1. The van der Waals surface area contributed by atoms with Gasteiger partial charge in [0.05, 0.1) is 30.6 Å². The number of anilines is 1. The molecule has 0 saturated carbocycles. The average molecular weight is 338 g/mol. The zero-order chi connectivity index (χ0) is 17.5. The lowest BCUT2D eigenvalue weighted by Gasteiger charge is -2.30. The van der Waals surface area contributed by atoms with Gasteiger partial charge in [-0.25, -0.2) is 0 Å². The summed E-state index contributed by atoms with van der Waals surface area (Å²) < 4.78 is 5.48. The third-order valence-electron chi connectivity index (χ3n) is 3.88. The molecule has 2 aromatic rings. The Morgan fingerprint density at radius 1 is 1.12 bits per heavy atom. The van der Waals surface area contributed by atoms with Gasteiger partial charge in [-0.15, -0.1) is 0 Å². The maximum atomic E-state index is 12.1. The quantitative estimate of drug-likeness (QED) is 0.844. The highest BCUT2D eigenvalue weighted by atomic mass is 16.5. The molecule has 0 bridgehead atoms. The molecular formula is C19H22N4O2. The summed E-state index contributed by atoms with van der Waals surface area (Å²) >= 11 is 0. The molecule has 1 aliphatic heterocycles. The lowest BCUT2D eigenvalue weighted by atomic mass is 10.2. The van der Waals surface area contributed by atoms with Gasteiger partial charge < -0.3 is 10.1 Å². The molecule has 0 unspecified atom stereocenters. The molecule has 1 aliphatic rings. The number of carbonyl (C=O) groups is 1. The van der Waals surface area contributed by atoms with Crippen molar-refractivity contribution in [2.45, 2.75) is 13.0 Å². The second-order valence-corrected chi connectivity index (χ2v) is 6.05. The Bertz CT molecular complexity index is 716. The summed E-state index contributed by atoms with van der Waals surface area (Å²) in [6, 6.07) is 16.9. The van der Waals surface area contributed by atoms with E-state index in [4.69, 9.17) is 4.74 Å². The van der Waals surface area contributed by atoms with E-state index in [1.165, 1.54) is 0 Å². The van der Waals surface area contributed by atoms with Crippen molar-refractivity contribution in [1.29, 1.82) is 0 Å². The fraction of sp³-hybridized carbons (Fsp3) is 0.316. The number of hydrogen-bond donors (Lipinski definition) is 1. The number of nitrogens with one attached hydrogen (secondary N) is 1. The highest BCUT2D eigenvalue weighted by Crippen LogP contribution is 2.20. The Labute approximate surface area is 147 Å². The van der Waals surface area contributed by atoms with Gasteiger partial charge in [-0.05, 0) is 43.3 Å². The molecule has 6 heteroatoms. The van der Waals surface area contributed by atoms with E-state index in [1.54, 1.807) is 0 Å². The summed E-state index contributed by atoms with van der Waals surface area (Å²) in [6.07, 6.45) is 0.177. The van der Waals surface area contributed by atoms with Crippen molar-refractivity contribution in [3.05, 3.63) is 54.6 Å². The fourth-order valence-corrected chi connectivity index (χ4v) is 2.66. The second kappa shape index (κ2) is 8.50. The van der Waals surface area contributed by atoms with E-state index in [0.29, 0.717) is 13.2 Å². The lowest BCUT2D eigenvalue weighted by Crippen LogP contribution is -2.44. The first kappa shape index (κ1) is 17.3. The van der Waals surface area contributed by atoms with E-state index < -0.39 is 0 Å². The Hall–Kier alpha value is -2.57. The van der Waals surface area contributed by atoms with Crippen molar-refractivity contribution < 1.29 is 9.53 Å². The Balaban J connectivity index is 1.52. The van der Waals surface area contributed by atoms with Crippen molar-refractivity contribution in [1.82, 2.24) is 4.90 Å². The van der Waals surface area contributed by atoms with Crippen LogP contribution in [0, 0.1) is 0 Å². The number of benzene rings is 2. The van der Waals surface area contributed by atoms with Crippen molar-refractivity contribution in [2.75, 3.05) is 31.6 Å². The molecule has 6 nitrogen and oxygen atoms in total. The highest BCUT2D eigenvalue weighted by molar-refractivity contribution is 5.92. The number of azo groups is 1. The molecule has 0 radical (unpaired) electrons. The van der Waals surface area contributed by atoms with Gasteiger partial charge in [-0.3, -0.25) is 9.69 Å². The predicted molar refractivity (Wildman–Crippen MR) is 97.5 cm³/mol. The minimum atomic E-state index is -0.0206. The number of amides is 1. The van der Waals surface area contributed by atoms with E-state index >= 15 is 0 Å². The van der Waals surface area contributed by atoms with Crippen LogP contribution in [0.5, 0.6) is 0 Å². The molecule has 25 heavy (non-hydrogen) atoms. The SMILES string of the molecule is C[C@@H]1CN(CC(=O)Nc2ccc(N=Nc3ccccc3)cc2)CCO1.